The first-order chi connectivity index (χ1) is 12.7. The van der Waals surface area contributed by atoms with Gasteiger partial charge in [-0.2, -0.15) is 0 Å². The number of rotatable bonds is 5. The Kier molecular flexibility index (Phi) is 4.74. The molecule has 0 saturated carbocycles. The van der Waals surface area contributed by atoms with E-state index >= 15 is 0 Å². The van der Waals surface area contributed by atoms with E-state index in [1.54, 1.807) is 29.5 Å². The van der Waals surface area contributed by atoms with E-state index in [1.165, 1.54) is 4.88 Å². The van der Waals surface area contributed by atoms with Crippen LogP contribution in [0.2, 0.25) is 0 Å². The average Bonchev–Trinajstić information content (AvgIpc) is 3.38. The van der Waals surface area contributed by atoms with Gasteiger partial charge in [-0.3, -0.25) is 9.59 Å². The lowest BCUT2D eigenvalue weighted by molar-refractivity contribution is -0.120. The highest BCUT2D eigenvalue weighted by molar-refractivity contribution is 7.10. The molecule has 0 spiro atoms. The van der Waals surface area contributed by atoms with E-state index in [2.05, 4.69) is 27.6 Å². The number of carbonyl (C=O) groups is 2. The van der Waals surface area contributed by atoms with Crippen LogP contribution in [0, 0.1) is 0 Å². The topological polar surface area (TPSA) is 101 Å². The van der Waals surface area contributed by atoms with Crippen molar-refractivity contribution in [3.05, 3.63) is 46.2 Å². The highest BCUT2D eigenvalue weighted by Gasteiger charge is 2.26. The number of benzene rings is 1. The molecule has 0 aliphatic carbocycles. The third-order valence-electron chi connectivity index (χ3n) is 4.17. The molecule has 2 aromatic rings. The molecule has 0 bridgehead atoms. The number of ether oxygens (including phenoxy) is 2. The molecule has 2 aliphatic heterocycles. The predicted molar refractivity (Wildman–Crippen MR) is 94.8 cm³/mol. The van der Waals surface area contributed by atoms with Crippen LogP contribution in [0.5, 0.6) is 11.5 Å². The zero-order valence-electron chi connectivity index (χ0n) is 13.8. The van der Waals surface area contributed by atoms with Crippen molar-refractivity contribution in [1.29, 1.82) is 0 Å². The molecule has 2 unspecified atom stereocenters. The van der Waals surface area contributed by atoms with Crippen LogP contribution in [-0.2, 0) is 4.79 Å². The molecule has 2 atom stereocenters. The second-order valence-corrected chi connectivity index (χ2v) is 6.94. The van der Waals surface area contributed by atoms with Gasteiger partial charge in [0.1, 0.15) is 0 Å². The van der Waals surface area contributed by atoms with E-state index in [0.29, 0.717) is 17.1 Å². The van der Waals surface area contributed by atoms with Gasteiger partial charge in [0.25, 0.3) is 5.91 Å². The van der Waals surface area contributed by atoms with Gasteiger partial charge >= 0.3 is 0 Å². The van der Waals surface area contributed by atoms with Crippen molar-refractivity contribution >= 4 is 23.2 Å². The van der Waals surface area contributed by atoms with Crippen LogP contribution in [0.25, 0.3) is 0 Å². The zero-order chi connectivity index (χ0) is 17.9. The normalized spacial score (nSPS) is 20.8. The van der Waals surface area contributed by atoms with E-state index in [0.717, 1.165) is 6.42 Å². The Morgan fingerprint density at radius 1 is 1.19 bits per heavy atom. The third-order valence-corrected chi connectivity index (χ3v) is 5.16. The van der Waals surface area contributed by atoms with Crippen LogP contribution in [-0.4, -0.2) is 31.3 Å². The van der Waals surface area contributed by atoms with E-state index in [9.17, 15) is 9.59 Å². The van der Waals surface area contributed by atoms with Crippen molar-refractivity contribution in [2.24, 2.45) is 0 Å². The fourth-order valence-electron chi connectivity index (χ4n) is 2.87. The summed E-state index contributed by atoms with van der Waals surface area (Å²) in [6.45, 7) is 0.0484. The van der Waals surface area contributed by atoms with Crippen LogP contribution in [0.15, 0.2) is 35.7 Å². The molecule has 3 heterocycles. The first-order valence-corrected chi connectivity index (χ1v) is 9.09. The monoisotopic (exact) mass is 374 g/mol. The smallest absolute Gasteiger partial charge is 0.251 e. The van der Waals surface area contributed by atoms with E-state index < -0.39 is 0 Å². The van der Waals surface area contributed by atoms with Crippen molar-refractivity contribution in [2.75, 3.05) is 13.3 Å². The molecule has 0 radical (unpaired) electrons. The molecule has 2 aliphatic rings. The van der Waals surface area contributed by atoms with Crippen molar-refractivity contribution in [2.45, 2.75) is 18.6 Å². The van der Waals surface area contributed by atoms with Crippen molar-refractivity contribution in [3.8, 4) is 11.5 Å². The lowest BCUT2D eigenvalue weighted by atomic mass is 10.2. The number of fused-ring (bicyclic) bond motifs is 1. The van der Waals surface area contributed by atoms with E-state index in [-0.39, 0.29) is 37.4 Å². The summed E-state index contributed by atoms with van der Waals surface area (Å²) in [5.41, 5.74) is 6.63. The van der Waals surface area contributed by atoms with Gasteiger partial charge in [-0.15, -0.1) is 11.3 Å². The van der Waals surface area contributed by atoms with E-state index in [4.69, 9.17) is 9.47 Å². The summed E-state index contributed by atoms with van der Waals surface area (Å²) < 4.78 is 10.5. The molecule has 9 heteroatoms. The molecular weight excluding hydrogens is 356 g/mol. The van der Waals surface area contributed by atoms with Crippen LogP contribution in [0.4, 0.5) is 0 Å². The molecule has 2 amide bonds. The molecule has 4 N–H and O–H groups in total. The fourth-order valence-corrected chi connectivity index (χ4v) is 3.66. The Labute approximate surface area is 153 Å². The number of carbonyl (C=O) groups excluding carboxylic acids is 2. The van der Waals surface area contributed by atoms with Crippen LogP contribution < -0.4 is 31.0 Å². The van der Waals surface area contributed by atoms with Gasteiger partial charge in [-0.25, -0.2) is 10.9 Å². The molecule has 26 heavy (non-hydrogen) atoms. The molecule has 1 aromatic heterocycles. The highest BCUT2D eigenvalue weighted by atomic mass is 32.1. The zero-order valence-corrected chi connectivity index (χ0v) is 14.6. The molecule has 8 nitrogen and oxygen atoms in total. The van der Waals surface area contributed by atoms with Crippen molar-refractivity contribution < 1.29 is 19.1 Å². The summed E-state index contributed by atoms with van der Waals surface area (Å²) in [7, 11) is 0. The second kappa shape index (κ2) is 7.32. The highest BCUT2D eigenvalue weighted by Crippen LogP contribution is 2.32. The maximum atomic E-state index is 12.2. The maximum Gasteiger partial charge on any atom is 0.251 e. The van der Waals surface area contributed by atoms with Crippen molar-refractivity contribution in [3.63, 3.8) is 0 Å². The molecule has 136 valence electrons. The van der Waals surface area contributed by atoms with Gasteiger partial charge in [0, 0.05) is 16.9 Å². The molecule has 1 saturated heterocycles. The Bertz CT molecular complexity index is 811. The molecule has 4 rings (SSSR count). The van der Waals surface area contributed by atoms with Gasteiger partial charge in [0.15, 0.2) is 11.5 Å². The minimum atomic E-state index is -0.340. The summed E-state index contributed by atoms with van der Waals surface area (Å²) >= 11 is 1.67. The van der Waals surface area contributed by atoms with Gasteiger partial charge in [0.2, 0.25) is 12.7 Å². The lowest BCUT2D eigenvalue weighted by Crippen LogP contribution is -2.47. The Morgan fingerprint density at radius 2 is 2.08 bits per heavy atom. The number of amides is 2. The second-order valence-electron chi connectivity index (χ2n) is 5.96. The van der Waals surface area contributed by atoms with Crippen molar-refractivity contribution in [1.82, 2.24) is 21.5 Å². The quantitative estimate of drug-likeness (QED) is 0.620. The van der Waals surface area contributed by atoms with Gasteiger partial charge < -0.3 is 20.1 Å². The summed E-state index contributed by atoms with van der Waals surface area (Å²) in [5.74, 6) is 0.542. The first-order valence-electron chi connectivity index (χ1n) is 8.21. The number of thiophene rings is 1. The molecular formula is C17H18N4O4S. The Morgan fingerprint density at radius 3 is 2.92 bits per heavy atom. The number of hydrazine groups is 1. The number of hydrogen-bond donors (Lipinski definition) is 4. The van der Waals surface area contributed by atoms with Gasteiger partial charge in [-0.05, 0) is 29.6 Å². The minimum absolute atomic E-state index is 0.102. The van der Waals surface area contributed by atoms with Crippen LogP contribution in [0.3, 0.4) is 0 Å². The Hall–Kier alpha value is -2.62. The standard InChI is InChI=1S/C17H18N4O4S/c22-16(19-15-7-11(20-21-15)14-2-1-5-26-14)8-18-17(23)10-3-4-12-13(6-10)25-9-24-12/h1-6,11,15,20-21H,7-9H2,(H,18,23)(H,19,22). The first kappa shape index (κ1) is 16.8. The summed E-state index contributed by atoms with van der Waals surface area (Å²) in [6.07, 6.45) is 0.555. The maximum absolute atomic E-state index is 12.2. The predicted octanol–water partition coefficient (Wildman–Crippen LogP) is 0.888. The summed E-state index contributed by atoms with van der Waals surface area (Å²) in [4.78, 5) is 25.5. The van der Waals surface area contributed by atoms with Crippen LogP contribution >= 0.6 is 11.3 Å². The van der Waals surface area contributed by atoms with Crippen LogP contribution in [0.1, 0.15) is 27.7 Å². The Balaban J connectivity index is 1.24. The third kappa shape index (κ3) is 3.64. The molecule has 1 fully saturated rings. The number of hydrogen-bond acceptors (Lipinski definition) is 7. The summed E-state index contributed by atoms with van der Waals surface area (Å²) in [6, 6.07) is 9.14. The average molecular weight is 374 g/mol. The lowest BCUT2D eigenvalue weighted by Gasteiger charge is -2.12. The summed E-state index contributed by atoms with van der Waals surface area (Å²) in [5, 5.41) is 7.48. The minimum Gasteiger partial charge on any atom is -0.454 e. The van der Waals surface area contributed by atoms with Gasteiger partial charge in [-0.1, -0.05) is 6.07 Å². The molecule has 1 aromatic carbocycles. The fraction of sp³-hybridized carbons (Fsp3) is 0.294. The SMILES string of the molecule is O=C(CNC(=O)c1ccc2c(c1)OCO2)NC1CC(c2cccs2)NN1. The van der Waals surface area contributed by atoms with Gasteiger partial charge in [0.05, 0.1) is 18.8 Å². The van der Waals surface area contributed by atoms with E-state index in [1.807, 2.05) is 11.4 Å². The largest absolute Gasteiger partial charge is 0.454 e. The number of nitrogens with one attached hydrogen (secondary N) is 4.